The number of carbonyl (C=O) groups excluding carboxylic acids is 2. The molecule has 0 radical (unpaired) electrons. The van der Waals surface area contributed by atoms with Gasteiger partial charge in [-0.3, -0.25) is 9.59 Å². The SMILES string of the molecule is COc1cc2ccc1Nc1ncc(N(C)C=O)c(n1)N(CC1CC1)C1CCC(C1)C1(F)CCC(CC1)NC2=O. The lowest BCUT2D eigenvalue weighted by Gasteiger charge is -2.39. The predicted octanol–water partition coefficient (Wildman–Crippen LogP) is 4.60. The Bertz CT molecular complexity index is 1250. The predicted molar refractivity (Wildman–Crippen MR) is 148 cm³/mol. The molecule has 1 aromatic carbocycles. The van der Waals surface area contributed by atoms with Crippen LogP contribution in [0.15, 0.2) is 24.4 Å². The average Bonchev–Trinajstić information content (AvgIpc) is 3.64. The van der Waals surface area contributed by atoms with E-state index < -0.39 is 5.67 Å². The minimum atomic E-state index is -1.22. The van der Waals surface area contributed by atoms with E-state index in [1.54, 1.807) is 38.6 Å². The van der Waals surface area contributed by atoms with E-state index in [4.69, 9.17) is 9.72 Å². The zero-order valence-corrected chi connectivity index (χ0v) is 22.7. The number of amides is 2. The Labute approximate surface area is 228 Å². The molecule has 2 unspecified atom stereocenters. The van der Waals surface area contributed by atoms with Crippen molar-refractivity contribution in [3.63, 3.8) is 0 Å². The van der Waals surface area contributed by atoms with Gasteiger partial charge >= 0.3 is 0 Å². The average molecular weight is 537 g/mol. The fourth-order valence-corrected chi connectivity index (χ4v) is 6.62. The van der Waals surface area contributed by atoms with Gasteiger partial charge < -0.3 is 25.2 Å². The molecule has 1 aromatic heterocycles. The van der Waals surface area contributed by atoms with Crippen molar-refractivity contribution in [2.45, 2.75) is 75.5 Å². The van der Waals surface area contributed by atoms with Gasteiger partial charge in [0.15, 0.2) is 5.82 Å². The first-order valence-electron chi connectivity index (χ1n) is 14.1. The lowest BCUT2D eigenvalue weighted by atomic mass is 9.74. The van der Waals surface area contributed by atoms with Gasteiger partial charge in [-0.25, -0.2) is 9.37 Å². The molecule has 9 nitrogen and oxygen atoms in total. The number of carbonyl (C=O) groups is 2. The van der Waals surface area contributed by atoms with Crippen molar-refractivity contribution in [2.24, 2.45) is 11.8 Å². The third-order valence-electron chi connectivity index (χ3n) is 9.15. The highest BCUT2D eigenvalue weighted by Gasteiger charge is 2.47. The molecule has 7 aliphatic rings. The second-order valence-electron chi connectivity index (χ2n) is 11.7. The molecule has 39 heavy (non-hydrogen) atoms. The Morgan fingerprint density at radius 3 is 2.72 bits per heavy atom. The minimum Gasteiger partial charge on any atom is -0.495 e. The number of nitrogens with zero attached hydrogens (tertiary/aromatic N) is 4. The molecule has 9 rings (SSSR count). The van der Waals surface area contributed by atoms with E-state index in [-0.39, 0.29) is 23.9 Å². The van der Waals surface area contributed by atoms with Crippen LogP contribution in [0.2, 0.25) is 0 Å². The van der Waals surface area contributed by atoms with Gasteiger partial charge in [0.25, 0.3) is 5.91 Å². The highest BCUT2D eigenvalue weighted by molar-refractivity contribution is 5.95. The number of rotatable bonds is 5. The van der Waals surface area contributed by atoms with Crippen LogP contribution in [0.25, 0.3) is 0 Å². The molecule has 2 atom stereocenters. The summed E-state index contributed by atoms with van der Waals surface area (Å²) in [5.41, 5.74) is 0.517. The molecular formula is C29H37FN6O3. The molecule has 2 amide bonds. The summed E-state index contributed by atoms with van der Waals surface area (Å²) < 4.78 is 22.0. The van der Waals surface area contributed by atoms with Crippen molar-refractivity contribution >= 4 is 35.5 Å². The molecule has 8 bridgehead atoms. The van der Waals surface area contributed by atoms with Gasteiger partial charge in [0.2, 0.25) is 12.4 Å². The highest BCUT2D eigenvalue weighted by atomic mass is 19.1. The van der Waals surface area contributed by atoms with Crippen LogP contribution < -0.4 is 25.2 Å². The monoisotopic (exact) mass is 536 g/mol. The number of alkyl halides is 1. The maximum atomic E-state index is 16.4. The maximum absolute atomic E-state index is 16.4. The van der Waals surface area contributed by atoms with Crippen LogP contribution in [-0.2, 0) is 4.79 Å². The molecule has 2 aromatic rings. The van der Waals surface area contributed by atoms with Gasteiger partial charge in [-0.05, 0) is 87.8 Å². The fraction of sp³-hybridized carbons (Fsp3) is 0.586. The molecular weight excluding hydrogens is 499 g/mol. The van der Waals surface area contributed by atoms with Gasteiger partial charge in [-0.1, -0.05) is 0 Å². The number of halogens is 1. The zero-order valence-electron chi connectivity index (χ0n) is 22.7. The fourth-order valence-electron chi connectivity index (χ4n) is 6.62. The van der Waals surface area contributed by atoms with Crippen molar-refractivity contribution < 1.29 is 18.7 Å². The van der Waals surface area contributed by atoms with Crippen LogP contribution in [0.3, 0.4) is 0 Å². The van der Waals surface area contributed by atoms with Crippen LogP contribution in [0.1, 0.15) is 68.1 Å². The third-order valence-corrected chi connectivity index (χ3v) is 9.15. The van der Waals surface area contributed by atoms with Gasteiger partial charge in [-0.15, -0.1) is 0 Å². The molecule has 10 heteroatoms. The summed E-state index contributed by atoms with van der Waals surface area (Å²) in [4.78, 5) is 38.1. The van der Waals surface area contributed by atoms with E-state index in [2.05, 4.69) is 20.5 Å². The summed E-state index contributed by atoms with van der Waals surface area (Å²) in [6.45, 7) is 0.832. The Hall–Kier alpha value is -3.43. The van der Waals surface area contributed by atoms with Crippen molar-refractivity contribution in [3.05, 3.63) is 30.0 Å². The number of aromatic nitrogens is 2. The first-order valence-corrected chi connectivity index (χ1v) is 14.1. The number of ether oxygens (including phenoxy) is 1. The first kappa shape index (κ1) is 25.8. The molecule has 4 aliphatic heterocycles. The summed E-state index contributed by atoms with van der Waals surface area (Å²) in [6, 6.07) is 5.30. The van der Waals surface area contributed by atoms with Crippen LogP contribution >= 0.6 is 0 Å². The van der Waals surface area contributed by atoms with Crippen LogP contribution in [0, 0.1) is 11.8 Å². The highest BCUT2D eigenvalue weighted by Crippen LogP contribution is 2.48. The molecule has 0 spiro atoms. The van der Waals surface area contributed by atoms with E-state index in [0.717, 1.165) is 32.2 Å². The number of anilines is 4. The number of hydrogen-bond donors (Lipinski definition) is 2. The molecule has 5 heterocycles. The zero-order chi connectivity index (χ0) is 27.1. The summed E-state index contributed by atoms with van der Waals surface area (Å²) in [7, 11) is 3.26. The molecule has 208 valence electrons. The largest absolute Gasteiger partial charge is 0.495 e. The third kappa shape index (κ3) is 5.13. The number of methoxy groups -OCH3 is 1. The van der Waals surface area contributed by atoms with E-state index in [1.807, 2.05) is 0 Å². The Morgan fingerprint density at radius 2 is 2.00 bits per heavy atom. The second kappa shape index (κ2) is 10.3. The van der Waals surface area contributed by atoms with E-state index in [1.165, 1.54) is 17.7 Å². The van der Waals surface area contributed by atoms with Gasteiger partial charge in [-0.2, -0.15) is 4.98 Å². The van der Waals surface area contributed by atoms with Gasteiger partial charge in [0.1, 0.15) is 17.1 Å². The van der Waals surface area contributed by atoms with Gasteiger partial charge in [0.05, 0.1) is 19.0 Å². The molecule has 3 fully saturated rings. The molecule has 3 aliphatic carbocycles. The normalized spacial score (nSPS) is 28.3. The van der Waals surface area contributed by atoms with E-state index in [9.17, 15) is 9.59 Å². The Morgan fingerprint density at radius 1 is 1.21 bits per heavy atom. The number of hydrogen-bond acceptors (Lipinski definition) is 7. The van der Waals surface area contributed by atoms with Crippen LogP contribution in [0.4, 0.5) is 27.5 Å². The molecule has 0 saturated heterocycles. The van der Waals surface area contributed by atoms with Gasteiger partial charge in [0, 0.05) is 31.2 Å². The van der Waals surface area contributed by atoms with Crippen LogP contribution in [-0.4, -0.2) is 60.7 Å². The smallest absolute Gasteiger partial charge is 0.251 e. The Balaban J connectivity index is 1.44. The summed E-state index contributed by atoms with van der Waals surface area (Å²) >= 11 is 0. The first-order chi connectivity index (χ1) is 18.9. The van der Waals surface area contributed by atoms with Crippen molar-refractivity contribution in [1.29, 1.82) is 0 Å². The van der Waals surface area contributed by atoms with Crippen molar-refractivity contribution in [3.8, 4) is 5.75 Å². The van der Waals surface area contributed by atoms with E-state index in [0.29, 0.717) is 66.1 Å². The van der Waals surface area contributed by atoms with E-state index >= 15 is 4.39 Å². The topological polar surface area (TPSA) is 99.7 Å². The summed E-state index contributed by atoms with van der Waals surface area (Å²) in [5.74, 6) is 1.90. The molecule has 3 saturated carbocycles. The Kier molecular flexibility index (Phi) is 6.81. The molecule has 2 N–H and O–H groups in total. The minimum absolute atomic E-state index is 0.0255. The van der Waals surface area contributed by atoms with Crippen molar-refractivity contribution in [2.75, 3.05) is 35.8 Å². The quantitative estimate of drug-likeness (QED) is 0.539. The van der Waals surface area contributed by atoms with Crippen LogP contribution in [0.5, 0.6) is 5.75 Å². The standard InChI is InChI=1S/C29H37FN6O3/c1-35(17-37)24-15-31-28-33-23-8-5-19(13-25(23)39-2)27(38)32-21-9-11-29(30,12-10-21)20-6-7-22(14-20)36(26(24)34-28)16-18-3-4-18/h5,8,13,15,17-18,20-22H,3-4,6-7,9-12,14,16H2,1-2H3,(H,32,38)(H,31,33,34). The second-order valence-corrected chi connectivity index (χ2v) is 11.7. The summed E-state index contributed by atoms with van der Waals surface area (Å²) in [6.07, 6.45) is 9.43. The van der Waals surface area contributed by atoms with Crippen molar-refractivity contribution in [1.82, 2.24) is 15.3 Å². The number of nitrogens with one attached hydrogen (secondary N) is 2. The summed E-state index contributed by atoms with van der Waals surface area (Å²) in [5, 5.41) is 6.36. The maximum Gasteiger partial charge on any atom is 0.251 e. The lowest BCUT2D eigenvalue weighted by Crippen LogP contribution is -2.45. The lowest BCUT2D eigenvalue weighted by molar-refractivity contribution is -0.107. The number of benzene rings is 1.